The Morgan fingerprint density at radius 3 is 2.79 bits per heavy atom. The first-order chi connectivity index (χ1) is 6.65. The Morgan fingerprint density at radius 1 is 1.50 bits per heavy atom. The van der Waals surface area contributed by atoms with Crippen molar-refractivity contribution in [3.63, 3.8) is 0 Å². The maximum atomic E-state index is 9.34. The highest BCUT2D eigenvalue weighted by Crippen LogP contribution is 2.26. The summed E-state index contributed by atoms with van der Waals surface area (Å²) >= 11 is 0. The molecule has 1 aliphatic heterocycles. The summed E-state index contributed by atoms with van der Waals surface area (Å²) < 4.78 is 11.0. The third-order valence-corrected chi connectivity index (χ3v) is 2.63. The molecule has 0 unspecified atom stereocenters. The maximum absolute atomic E-state index is 9.34. The molecule has 0 aromatic rings. The number of aliphatic hydroxyl groups excluding tert-OH is 1. The fourth-order valence-corrected chi connectivity index (χ4v) is 1.90. The molecule has 3 N–H and O–H groups in total. The molecule has 1 rings (SSSR count). The first kappa shape index (κ1) is 11.9. The van der Waals surface area contributed by atoms with E-state index in [1.807, 2.05) is 6.92 Å². The van der Waals surface area contributed by atoms with Gasteiger partial charge in [0, 0.05) is 13.0 Å². The summed E-state index contributed by atoms with van der Waals surface area (Å²) in [6, 6.07) is 0. The van der Waals surface area contributed by atoms with Crippen molar-refractivity contribution in [1.82, 2.24) is 0 Å². The number of hydrogen-bond donors (Lipinski definition) is 2. The van der Waals surface area contributed by atoms with Crippen LogP contribution in [0.5, 0.6) is 0 Å². The molecule has 0 radical (unpaired) electrons. The van der Waals surface area contributed by atoms with Crippen LogP contribution in [-0.2, 0) is 9.47 Å². The molecule has 0 aromatic carbocycles. The molecular weight excluding hydrogens is 182 g/mol. The lowest BCUT2D eigenvalue weighted by atomic mass is 9.94. The number of hydrogen-bond acceptors (Lipinski definition) is 4. The first-order valence-corrected chi connectivity index (χ1v) is 5.30. The van der Waals surface area contributed by atoms with Crippen molar-refractivity contribution in [2.45, 2.75) is 45.2 Å². The van der Waals surface area contributed by atoms with Crippen LogP contribution in [0.25, 0.3) is 0 Å². The average Bonchev–Trinajstić information content (AvgIpc) is 2.09. The van der Waals surface area contributed by atoms with Crippen molar-refractivity contribution in [3.8, 4) is 0 Å². The van der Waals surface area contributed by atoms with E-state index >= 15 is 0 Å². The van der Waals surface area contributed by atoms with Crippen molar-refractivity contribution in [1.29, 1.82) is 0 Å². The predicted octanol–water partition coefficient (Wildman–Crippen LogP) is 0.484. The van der Waals surface area contributed by atoms with E-state index in [1.165, 1.54) is 0 Å². The van der Waals surface area contributed by atoms with Gasteiger partial charge in [-0.25, -0.2) is 0 Å². The van der Waals surface area contributed by atoms with Crippen LogP contribution in [0.4, 0.5) is 0 Å². The van der Waals surface area contributed by atoms with Crippen molar-refractivity contribution in [3.05, 3.63) is 0 Å². The normalized spacial score (nSPS) is 38.6. The van der Waals surface area contributed by atoms with Crippen molar-refractivity contribution in [2.75, 3.05) is 13.2 Å². The summed E-state index contributed by atoms with van der Waals surface area (Å²) in [5.41, 5.74) is 5.38. The molecule has 0 spiro atoms. The topological polar surface area (TPSA) is 64.7 Å². The zero-order valence-electron chi connectivity index (χ0n) is 8.98. The van der Waals surface area contributed by atoms with Gasteiger partial charge in [-0.05, 0) is 25.8 Å². The zero-order valence-corrected chi connectivity index (χ0v) is 8.98. The molecule has 0 bridgehead atoms. The second-order valence-electron chi connectivity index (χ2n) is 3.99. The highest BCUT2D eigenvalue weighted by molar-refractivity contribution is 4.78. The Labute approximate surface area is 85.4 Å². The summed E-state index contributed by atoms with van der Waals surface area (Å²) in [6.45, 7) is 5.34. The van der Waals surface area contributed by atoms with Gasteiger partial charge in [0.1, 0.15) is 0 Å². The van der Waals surface area contributed by atoms with Crippen molar-refractivity contribution >= 4 is 0 Å². The third-order valence-electron chi connectivity index (χ3n) is 2.63. The van der Waals surface area contributed by atoms with Crippen LogP contribution in [0.3, 0.4) is 0 Å². The second-order valence-corrected chi connectivity index (χ2v) is 3.99. The summed E-state index contributed by atoms with van der Waals surface area (Å²) in [5, 5.41) is 9.34. The molecule has 0 saturated carbocycles. The van der Waals surface area contributed by atoms with Crippen molar-refractivity contribution < 1.29 is 14.6 Å². The Balaban J connectivity index is 2.34. The van der Waals surface area contributed by atoms with E-state index in [0.717, 1.165) is 6.42 Å². The van der Waals surface area contributed by atoms with E-state index in [4.69, 9.17) is 15.2 Å². The minimum absolute atomic E-state index is 0.0356. The van der Waals surface area contributed by atoms with E-state index in [9.17, 15) is 5.11 Å². The average molecular weight is 203 g/mol. The van der Waals surface area contributed by atoms with Crippen molar-refractivity contribution in [2.24, 2.45) is 11.7 Å². The van der Waals surface area contributed by atoms with Gasteiger partial charge in [-0.1, -0.05) is 6.92 Å². The van der Waals surface area contributed by atoms with E-state index < -0.39 is 6.29 Å². The van der Waals surface area contributed by atoms with Crippen LogP contribution >= 0.6 is 0 Å². The molecule has 1 heterocycles. The summed E-state index contributed by atoms with van der Waals surface area (Å²) in [7, 11) is 0. The molecule has 4 atom stereocenters. The molecule has 0 aliphatic carbocycles. The second kappa shape index (κ2) is 5.66. The number of ether oxygens (including phenoxy) is 2. The van der Waals surface area contributed by atoms with E-state index in [-0.39, 0.29) is 12.2 Å². The maximum Gasteiger partial charge on any atom is 0.155 e. The van der Waals surface area contributed by atoms with Gasteiger partial charge in [-0.3, -0.25) is 0 Å². The van der Waals surface area contributed by atoms with E-state index in [2.05, 4.69) is 6.92 Å². The first-order valence-electron chi connectivity index (χ1n) is 5.30. The minimum Gasteiger partial charge on any atom is -0.375 e. The van der Waals surface area contributed by atoms with Gasteiger partial charge in [-0.2, -0.15) is 0 Å². The molecule has 1 saturated heterocycles. The highest BCUT2D eigenvalue weighted by Gasteiger charge is 2.33. The van der Waals surface area contributed by atoms with E-state index in [1.54, 1.807) is 0 Å². The molecule has 4 nitrogen and oxygen atoms in total. The van der Waals surface area contributed by atoms with E-state index in [0.29, 0.717) is 25.5 Å². The largest absolute Gasteiger partial charge is 0.375 e. The van der Waals surface area contributed by atoms with Crippen LogP contribution in [0.2, 0.25) is 0 Å². The molecular formula is C10H21NO3. The molecule has 1 fully saturated rings. The van der Waals surface area contributed by atoms with Gasteiger partial charge >= 0.3 is 0 Å². The standard InChI is InChI=1S/C10H21NO3/c1-7-6-9(12)14-8(2)10(7)13-5-3-4-11/h7-10,12H,3-6,11H2,1-2H3/t7-,8-,9+,10+/m0/s1. The summed E-state index contributed by atoms with van der Waals surface area (Å²) in [5.74, 6) is 0.339. The monoisotopic (exact) mass is 203 g/mol. The summed E-state index contributed by atoms with van der Waals surface area (Å²) in [6.07, 6.45) is 0.946. The van der Waals surface area contributed by atoms with Gasteiger partial charge in [0.2, 0.25) is 0 Å². The van der Waals surface area contributed by atoms with Gasteiger partial charge in [0.25, 0.3) is 0 Å². The fourth-order valence-electron chi connectivity index (χ4n) is 1.90. The fraction of sp³-hybridized carbons (Fsp3) is 1.00. The smallest absolute Gasteiger partial charge is 0.155 e. The number of rotatable bonds is 4. The van der Waals surface area contributed by atoms with Crippen LogP contribution in [0.1, 0.15) is 26.7 Å². The van der Waals surface area contributed by atoms with Crippen LogP contribution in [-0.4, -0.2) is 36.8 Å². The zero-order chi connectivity index (χ0) is 10.6. The lowest BCUT2D eigenvalue weighted by Gasteiger charge is -2.37. The Bertz CT molecular complexity index is 153. The minimum atomic E-state index is -0.630. The molecule has 84 valence electrons. The molecule has 0 amide bonds. The lowest BCUT2D eigenvalue weighted by Crippen LogP contribution is -2.44. The molecule has 1 aliphatic rings. The van der Waals surface area contributed by atoms with Crippen LogP contribution in [0, 0.1) is 5.92 Å². The van der Waals surface area contributed by atoms with Crippen LogP contribution in [0.15, 0.2) is 0 Å². The summed E-state index contributed by atoms with van der Waals surface area (Å²) in [4.78, 5) is 0. The number of aliphatic hydroxyl groups is 1. The Hall–Kier alpha value is -0.160. The quantitative estimate of drug-likeness (QED) is 0.652. The van der Waals surface area contributed by atoms with Gasteiger partial charge in [0.15, 0.2) is 6.29 Å². The number of nitrogens with two attached hydrogens (primary N) is 1. The predicted molar refractivity (Wildman–Crippen MR) is 53.7 cm³/mol. The van der Waals surface area contributed by atoms with Gasteiger partial charge in [-0.15, -0.1) is 0 Å². The Kier molecular flexibility index (Phi) is 4.81. The third kappa shape index (κ3) is 3.20. The Morgan fingerprint density at radius 2 is 2.21 bits per heavy atom. The van der Waals surface area contributed by atoms with Gasteiger partial charge in [0.05, 0.1) is 12.2 Å². The van der Waals surface area contributed by atoms with Crippen LogP contribution < -0.4 is 5.73 Å². The van der Waals surface area contributed by atoms with Gasteiger partial charge < -0.3 is 20.3 Å². The molecule has 4 heteroatoms. The SMILES string of the molecule is C[C@@H]1O[C@@H](O)C[C@H](C)[C@H]1OCCCN. The highest BCUT2D eigenvalue weighted by atomic mass is 16.6. The lowest BCUT2D eigenvalue weighted by molar-refractivity contribution is -0.221. The molecule has 0 aromatic heterocycles. The molecule has 14 heavy (non-hydrogen) atoms.